The van der Waals surface area contributed by atoms with E-state index in [0.717, 1.165) is 5.69 Å². The summed E-state index contributed by atoms with van der Waals surface area (Å²) in [6, 6.07) is 0.213. The van der Waals surface area contributed by atoms with E-state index >= 15 is 0 Å². The number of hydrogen-bond acceptors (Lipinski definition) is 3. The molecular formula is C10H13N3. The lowest BCUT2D eigenvalue weighted by Crippen LogP contribution is -2.23. The number of rotatable bonds is 3. The van der Waals surface area contributed by atoms with E-state index in [1.807, 2.05) is 11.9 Å². The van der Waals surface area contributed by atoms with E-state index in [1.165, 1.54) is 0 Å². The Hall–Kier alpha value is -1.40. The summed E-state index contributed by atoms with van der Waals surface area (Å²) in [7, 11) is 1.97. The van der Waals surface area contributed by atoms with E-state index in [-0.39, 0.29) is 6.04 Å². The molecule has 1 aromatic rings. The lowest BCUT2D eigenvalue weighted by atomic mass is 10.2. The molecule has 0 amide bonds. The molecule has 3 nitrogen and oxygen atoms in total. The third kappa shape index (κ3) is 2.53. The Morgan fingerprint density at radius 2 is 2.38 bits per heavy atom. The van der Waals surface area contributed by atoms with Gasteiger partial charge in [-0.15, -0.1) is 6.42 Å². The average molecular weight is 175 g/mol. The third-order valence-corrected chi connectivity index (χ3v) is 2.01. The van der Waals surface area contributed by atoms with Crippen LogP contribution in [0.4, 0.5) is 0 Å². The maximum atomic E-state index is 5.22. The van der Waals surface area contributed by atoms with Gasteiger partial charge in [-0.05, 0) is 14.0 Å². The minimum atomic E-state index is 0.213. The second kappa shape index (κ2) is 4.58. The Bertz CT molecular complexity index is 289. The van der Waals surface area contributed by atoms with Crippen LogP contribution in [0, 0.1) is 12.3 Å². The van der Waals surface area contributed by atoms with Crippen molar-refractivity contribution in [3.8, 4) is 12.3 Å². The van der Waals surface area contributed by atoms with Crippen LogP contribution in [0.3, 0.4) is 0 Å². The predicted molar refractivity (Wildman–Crippen MR) is 51.9 cm³/mol. The Morgan fingerprint density at radius 1 is 1.62 bits per heavy atom. The van der Waals surface area contributed by atoms with Gasteiger partial charge in [0.05, 0.1) is 18.3 Å². The van der Waals surface area contributed by atoms with Crippen molar-refractivity contribution in [1.29, 1.82) is 0 Å². The Kier molecular flexibility index (Phi) is 3.41. The largest absolute Gasteiger partial charge is 0.287 e. The van der Waals surface area contributed by atoms with Gasteiger partial charge in [-0.1, -0.05) is 5.92 Å². The van der Waals surface area contributed by atoms with E-state index in [9.17, 15) is 0 Å². The monoisotopic (exact) mass is 175 g/mol. The smallest absolute Gasteiger partial charge is 0.0755 e. The fourth-order valence-electron chi connectivity index (χ4n) is 1.03. The summed E-state index contributed by atoms with van der Waals surface area (Å²) < 4.78 is 0. The van der Waals surface area contributed by atoms with Crippen LogP contribution in [-0.2, 0) is 0 Å². The first-order valence-electron chi connectivity index (χ1n) is 4.15. The molecule has 1 rings (SSSR count). The van der Waals surface area contributed by atoms with Crippen LogP contribution >= 0.6 is 0 Å². The Labute approximate surface area is 78.8 Å². The van der Waals surface area contributed by atoms with Gasteiger partial charge in [0.15, 0.2) is 0 Å². The summed E-state index contributed by atoms with van der Waals surface area (Å²) in [6.45, 7) is 2.68. The first-order valence-corrected chi connectivity index (χ1v) is 4.15. The van der Waals surface area contributed by atoms with Gasteiger partial charge in [0.2, 0.25) is 0 Å². The molecule has 0 aliphatic carbocycles. The quantitative estimate of drug-likeness (QED) is 0.644. The molecule has 1 heterocycles. The van der Waals surface area contributed by atoms with Gasteiger partial charge >= 0.3 is 0 Å². The van der Waals surface area contributed by atoms with Crippen LogP contribution < -0.4 is 0 Å². The number of nitrogens with zero attached hydrogens (tertiary/aromatic N) is 3. The highest BCUT2D eigenvalue weighted by Gasteiger charge is 2.10. The molecule has 1 atom stereocenters. The SMILES string of the molecule is C#CCN(C)C(C)c1cnccn1. The number of hydrogen-bond donors (Lipinski definition) is 0. The van der Waals surface area contributed by atoms with Crippen molar-refractivity contribution in [3.63, 3.8) is 0 Å². The molecule has 0 saturated heterocycles. The molecule has 0 N–H and O–H groups in total. The second-order valence-corrected chi connectivity index (χ2v) is 2.93. The average Bonchev–Trinajstić information content (AvgIpc) is 2.18. The van der Waals surface area contributed by atoms with E-state index in [1.54, 1.807) is 18.6 Å². The molecule has 1 unspecified atom stereocenters. The summed E-state index contributed by atoms with van der Waals surface area (Å²) in [4.78, 5) is 10.3. The van der Waals surface area contributed by atoms with Gasteiger partial charge in [-0.3, -0.25) is 14.9 Å². The summed E-state index contributed by atoms with van der Waals surface area (Å²) >= 11 is 0. The zero-order valence-corrected chi connectivity index (χ0v) is 7.94. The molecule has 0 aliphatic rings. The highest BCUT2D eigenvalue weighted by atomic mass is 15.1. The van der Waals surface area contributed by atoms with Crippen molar-refractivity contribution in [2.75, 3.05) is 13.6 Å². The molecule has 0 saturated carbocycles. The summed E-state index contributed by atoms with van der Waals surface area (Å²) in [5.41, 5.74) is 0.945. The fraction of sp³-hybridized carbons (Fsp3) is 0.400. The number of terminal acetylenes is 1. The first kappa shape index (κ1) is 9.69. The van der Waals surface area contributed by atoms with Crippen molar-refractivity contribution >= 4 is 0 Å². The molecule has 68 valence electrons. The topological polar surface area (TPSA) is 29.0 Å². The normalized spacial score (nSPS) is 12.5. The van der Waals surface area contributed by atoms with Gasteiger partial charge in [-0.25, -0.2) is 0 Å². The van der Waals surface area contributed by atoms with E-state index < -0.39 is 0 Å². The fourth-order valence-corrected chi connectivity index (χ4v) is 1.03. The van der Waals surface area contributed by atoms with Crippen LogP contribution in [0.5, 0.6) is 0 Å². The second-order valence-electron chi connectivity index (χ2n) is 2.93. The molecule has 0 fully saturated rings. The molecule has 0 spiro atoms. The van der Waals surface area contributed by atoms with Gasteiger partial charge in [0.25, 0.3) is 0 Å². The molecular weight excluding hydrogens is 162 g/mol. The third-order valence-electron chi connectivity index (χ3n) is 2.01. The minimum absolute atomic E-state index is 0.213. The summed E-state index contributed by atoms with van der Waals surface area (Å²) in [5, 5.41) is 0. The molecule has 13 heavy (non-hydrogen) atoms. The maximum Gasteiger partial charge on any atom is 0.0755 e. The van der Waals surface area contributed by atoms with Crippen molar-refractivity contribution < 1.29 is 0 Å². The lowest BCUT2D eigenvalue weighted by Gasteiger charge is -2.21. The van der Waals surface area contributed by atoms with Crippen LogP contribution in [-0.4, -0.2) is 28.5 Å². The van der Waals surface area contributed by atoms with Crippen LogP contribution in [0.15, 0.2) is 18.6 Å². The zero-order valence-electron chi connectivity index (χ0n) is 7.94. The van der Waals surface area contributed by atoms with Crippen LogP contribution in [0.25, 0.3) is 0 Å². The van der Waals surface area contributed by atoms with Gasteiger partial charge < -0.3 is 0 Å². The van der Waals surface area contributed by atoms with Gasteiger partial charge in [0.1, 0.15) is 0 Å². The number of aromatic nitrogens is 2. The molecule has 3 heteroatoms. The zero-order chi connectivity index (χ0) is 9.68. The van der Waals surface area contributed by atoms with Gasteiger partial charge in [-0.2, -0.15) is 0 Å². The molecule has 0 aromatic carbocycles. The highest BCUT2D eigenvalue weighted by molar-refractivity contribution is 5.02. The maximum absolute atomic E-state index is 5.22. The first-order chi connectivity index (χ1) is 6.25. The van der Waals surface area contributed by atoms with E-state index in [0.29, 0.717) is 6.54 Å². The highest BCUT2D eigenvalue weighted by Crippen LogP contribution is 2.13. The van der Waals surface area contributed by atoms with Crippen molar-refractivity contribution in [2.24, 2.45) is 0 Å². The van der Waals surface area contributed by atoms with E-state index in [4.69, 9.17) is 6.42 Å². The van der Waals surface area contributed by atoms with Crippen LogP contribution in [0.2, 0.25) is 0 Å². The molecule has 0 aliphatic heterocycles. The van der Waals surface area contributed by atoms with E-state index in [2.05, 4.69) is 22.8 Å². The minimum Gasteiger partial charge on any atom is -0.287 e. The molecule has 1 aromatic heterocycles. The summed E-state index contributed by atoms with van der Waals surface area (Å²) in [5.74, 6) is 2.60. The summed E-state index contributed by atoms with van der Waals surface area (Å²) in [6.07, 6.45) is 10.3. The van der Waals surface area contributed by atoms with Crippen molar-refractivity contribution in [3.05, 3.63) is 24.3 Å². The molecule has 0 radical (unpaired) electrons. The van der Waals surface area contributed by atoms with Crippen LogP contribution in [0.1, 0.15) is 18.7 Å². The Balaban J connectivity index is 2.69. The van der Waals surface area contributed by atoms with Crippen molar-refractivity contribution in [2.45, 2.75) is 13.0 Å². The Morgan fingerprint density at radius 3 is 2.92 bits per heavy atom. The standard InChI is InChI=1S/C10H13N3/c1-4-7-13(3)9(2)10-8-11-5-6-12-10/h1,5-6,8-9H,7H2,2-3H3. The predicted octanol–water partition coefficient (Wildman–Crippen LogP) is 1.10. The molecule has 0 bridgehead atoms. The van der Waals surface area contributed by atoms with Gasteiger partial charge in [0, 0.05) is 18.6 Å². The lowest BCUT2D eigenvalue weighted by molar-refractivity contribution is 0.288. The van der Waals surface area contributed by atoms with Crippen molar-refractivity contribution in [1.82, 2.24) is 14.9 Å².